The van der Waals surface area contributed by atoms with Gasteiger partial charge in [0.1, 0.15) is 24.1 Å². The summed E-state index contributed by atoms with van der Waals surface area (Å²) in [6.45, 7) is 3.59. The fraction of sp³-hybridized carbons (Fsp3) is 0.625. The number of nitrogens with zero attached hydrogens (tertiary/aromatic N) is 2. The second kappa shape index (κ2) is 7.89. The molecule has 0 unspecified atom stereocenters. The Morgan fingerprint density at radius 3 is 2.75 bits per heavy atom. The Morgan fingerprint density at radius 1 is 1.46 bits per heavy atom. The molecule has 4 atom stereocenters. The van der Waals surface area contributed by atoms with Crippen LogP contribution in [0.25, 0.3) is 0 Å². The van der Waals surface area contributed by atoms with Gasteiger partial charge >= 0.3 is 5.69 Å². The lowest BCUT2D eigenvalue weighted by atomic mass is 10.1. The predicted molar refractivity (Wildman–Crippen MR) is 88.3 cm³/mol. The number of rotatable bonds is 6. The second-order valence-electron chi connectivity index (χ2n) is 6.09. The minimum Gasteiger partial charge on any atom is -0.394 e. The van der Waals surface area contributed by atoms with E-state index in [0.717, 1.165) is 23.0 Å². The van der Waals surface area contributed by atoms with Crippen LogP contribution in [0.1, 0.15) is 38.5 Å². The van der Waals surface area contributed by atoms with Gasteiger partial charge in [-0.2, -0.15) is 4.98 Å². The van der Waals surface area contributed by atoms with Gasteiger partial charge in [0, 0.05) is 11.8 Å². The smallest absolute Gasteiger partial charge is 0.351 e. The highest BCUT2D eigenvalue weighted by Crippen LogP contribution is 2.28. The normalized spacial score (nSPS) is 27.6. The van der Waals surface area contributed by atoms with Crippen LogP contribution in [-0.2, 0) is 11.2 Å². The summed E-state index contributed by atoms with van der Waals surface area (Å²) in [7, 11) is 0. The van der Waals surface area contributed by atoms with Crippen molar-refractivity contribution in [1.82, 2.24) is 9.55 Å². The van der Waals surface area contributed by atoms with Crippen LogP contribution < -0.4 is 11.4 Å². The highest BCUT2D eigenvalue weighted by atomic mass is 16.6. The van der Waals surface area contributed by atoms with Crippen molar-refractivity contribution in [3.63, 3.8) is 0 Å². The molecule has 1 saturated heterocycles. The highest BCUT2D eigenvalue weighted by Gasteiger charge is 2.43. The third-order valence-corrected chi connectivity index (χ3v) is 4.10. The van der Waals surface area contributed by atoms with E-state index in [0.29, 0.717) is 12.0 Å². The molecule has 1 fully saturated rings. The lowest BCUT2D eigenvalue weighted by Crippen LogP contribution is -2.36. The van der Waals surface area contributed by atoms with Crippen LogP contribution in [0.2, 0.25) is 0 Å². The van der Waals surface area contributed by atoms with Crippen LogP contribution in [0.15, 0.2) is 22.6 Å². The Hall–Kier alpha value is -1.74. The largest absolute Gasteiger partial charge is 0.394 e. The van der Waals surface area contributed by atoms with Gasteiger partial charge < -0.3 is 25.8 Å². The van der Waals surface area contributed by atoms with Gasteiger partial charge in [-0.3, -0.25) is 4.57 Å². The molecular weight excluding hydrogens is 314 g/mol. The molecule has 0 aromatic carbocycles. The maximum Gasteiger partial charge on any atom is 0.351 e. The number of aliphatic hydroxyl groups is 3. The van der Waals surface area contributed by atoms with Gasteiger partial charge in [0.15, 0.2) is 6.23 Å². The lowest BCUT2D eigenvalue weighted by molar-refractivity contribution is -0.0550. The molecule has 2 rings (SSSR count). The maximum absolute atomic E-state index is 12.1. The highest BCUT2D eigenvalue weighted by molar-refractivity contribution is 5.39. The molecule has 1 aliphatic heterocycles. The van der Waals surface area contributed by atoms with Gasteiger partial charge in [-0.25, -0.2) is 4.79 Å². The van der Waals surface area contributed by atoms with Gasteiger partial charge in [-0.1, -0.05) is 25.0 Å². The summed E-state index contributed by atoms with van der Waals surface area (Å²) in [4.78, 5) is 15.9. The first kappa shape index (κ1) is 18.6. The molecule has 24 heavy (non-hydrogen) atoms. The van der Waals surface area contributed by atoms with Crippen LogP contribution >= 0.6 is 0 Å². The summed E-state index contributed by atoms with van der Waals surface area (Å²) in [5, 5.41) is 29.1. The molecule has 0 saturated carbocycles. The number of allylic oxidation sites excluding steroid dienone is 2. The Morgan fingerprint density at radius 2 is 2.17 bits per heavy atom. The minimum atomic E-state index is -1.34. The van der Waals surface area contributed by atoms with Crippen LogP contribution in [-0.4, -0.2) is 49.8 Å². The van der Waals surface area contributed by atoms with Gasteiger partial charge in [-0.05, 0) is 19.8 Å². The van der Waals surface area contributed by atoms with Crippen molar-refractivity contribution in [2.75, 3.05) is 12.3 Å². The standard InChI is InChI=1S/C16H25N3O5/c1-3-4-5-9(2)6-10-7-19(16(23)18-14(10)17)15-13(22)12(21)11(8-20)24-15/h5,7,11-13,15,20-22H,3-4,6,8H2,1-2H3,(H2,17,18,23)/b9-5+/t11-,12-,13+,15-/m1/s1. The Bertz CT molecular complexity index is 658. The van der Waals surface area contributed by atoms with E-state index in [9.17, 15) is 15.0 Å². The molecule has 8 nitrogen and oxygen atoms in total. The number of nitrogen functional groups attached to an aromatic ring is 1. The third kappa shape index (κ3) is 3.84. The number of nitrogens with two attached hydrogens (primary N) is 1. The van der Waals surface area contributed by atoms with Crippen molar-refractivity contribution in [3.05, 3.63) is 33.9 Å². The summed E-state index contributed by atoms with van der Waals surface area (Å²) in [5.74, 6) is 0.132. The van der Waals surface area contributed by atoms with E-state index in [1.807, 2.05) is 6.92 Å². The zero-order chi connectivity index (χ0) is 17.9. The van der Waals surface area contributed by atoms with Gasteiger partial charge in [0.25, 0.3) is 0 Å². The van der Waals surface area contributed by atoms with Crippen molar-refractivity contribution in [2.45, 2.75) is 57.6 Å². The van der Waals surface area contributed by atoms with Crippen molar-refractivity contribution in [1.29, 1.82) is 0 Å². The first-order chi connectivity index (χ1) is 11.4. The molecule has 5 N–H and O–H groups in total. The van der Waals surface area contributed by atoms with Crippen molar-refractivity contribution < 1.29 is 20.1 Å². The molecule has 0 spiro atoms. The molecule has 0 radical (unpaired) electrons. The van der Waals surface area contributed by atoms with Gasteiger partial charge in [-0.15, -0.1) is 0 Å². The lowest BCUT2D eigenvalue weighted by Gasteiger charge is -2.18. The van der Waals surface area contributed by atoms with Crippen molar-refractivity contribution in [3.8, 4) is 0 Å². The maximum atomic E-state index is 12.1. The molecule has 0 bridgehead atoms. The van der Waals surface area contributed by atoms with Crippen LogP contribution in [0.5, 0.6) is 0 Å². The van der Waals surface area contributed by atoms with Crippen molar-refractivity contribution >= 4 is 5.82 Å². The molecule has 1 aromatic rings. The number of anilines is 1. The number of ether oxygens (including phenoxy) is 1. The minimum absolute atomic E-state index is 0.132. The predicted octanol–water partition coefficient (Wildman–Crippen LogP) is -0.274. The average Bonchev–Trinajstić information content (AvgIpc) is 2.83. The molecule has 134 valence electrons. The van der Waals surface area contributed by atoms with Gasteiger partial charge in [0.2, 0.25) is 0 Å². The average molecular weight is 339 g/mol. The fourth-order valence-electron chi connectivity index (χ4n) is 2.71. The topological polar surface area (TPSA) is 131 Å². The summed E-state index contributed by atoms with van der Waals surface area (Å²) in [6.07, 6.45) is 1.42. The molecular formula is C16H25N3O5. The molecule has 1 aromatic heterocycles. The Kier molecular flexibility index (Phi) is 6.11. The molecule has 2 heterocycles. The molecule has 8 heteroatoms. The number of hydrogen-bond acceptors (Lipinski definition) is 7. The Balaban J connectivity index is 2.32. The van der Waals surface area contributed by atoms with Crippen LogP contribution in [0.3, 0.4) is 0 Å². The zero-order valence-corrected chi connectivity index (χ0v) is 13.9. The second-order valence-corrected chi connectivity index (χ2v) is 6.09. The first-order valence-corrected chi connectivity index (χ1v) is 8.04. The van der Waals surface area contributed by atoms with E-state index in [2.05, 4.69) is 18.0 Å². The van der Waals surface area contributed by atoms with Gasteiger partial charge in [0.05, 0.1) is 6.61 Å². The SMILES string of the molecule is CCC/C=C(\C)Cc1cn([C@@H]2O[C@H](CO)[C@@H](O)[C@@H]2O)c(=O)nc1N. The van der Waals surface area contributed by atoms with E-state index in [1.165, 1.54) is 6.20 Å². The van der Waals surface area contributed by atoms with E-state index >= 15 is 0 Å². The zero-order valence-electron chi connectivity index (χ0n) is 13.9. The number of aliphatic hydroxyl groups excluding tert-OH is 3. The Labute approximate surface area is 140 Å². The summed E-state index contributed by atoms with van der Waals surface area (Å²) >= 11 is 0. The summed E-state index contributed by atoms with van der Waals surface area (Å²) in [5.41, 5.74) is 6.89. The summed E-state index contributed by atoms with van der Waals surface area (Å²) < 4.78 is 6.50. The van der Waals surface area contributed by atoms with E-state index in [1.54, 1.807) is 0 Å². The molecule has 0 aliphatic carbocycles. The molecule has 1 aliphatic rings. The first-order valence-electron chi connectivity index (χ1n) is 8.04. The van der Waals surface area contributed by atoms with E-state index in [-0.39, 0.29) is 5.82 Å². The summed E-state index contributed by atoms with van der Waals surface area (Å²) in [6, 6.07) is 0. The number of hydrogen-bond donors (Lipinski definition) is 4. The quantitative estimate of drug-likeness (QED) is 0.525. The van der Waals surface area contributed by atoms with Crippen molar-refractivity contribution in [2.24, 2.45) is 0 Å². The molecule has 0 amide bonds. The van der Waals surface area contributed by atoms with Crippen LogP contribution in [0, 0.1) is 0 Å². The number of aromatic nitrogens is 2. The van der Waals surface area contributed by atoms with Crippen LogP contribution in [0.4, 0.5) is 5.82 Å². The number of unbranched alkanes of at least 4 members (excludes halogenated alkanes) is 1. The van der Waals surface area contributed by atoms with E-state index < -0.39 is 36.8 Å². The monoisotopic (exact) mass is 339 g/mol. The fourth-order valence-corrected chi connectivity index (χ4v) is 2.71. The van der Waals surface area contributed by atoms with E-state index in [4.69, 9.17) is 15.6 Å². The third-order valence-electron chi connectivity index (χ3n) is 4.10.